The molecule has 1 N–H and O–H groups in total. The summed E-state index contributed by atoms with van der Waals surface area (Å²) in [7, 11) is 1.72. The number of aryl methyl sites for hydroxylation is 1. The van der Waals surface area contributed by atoms with Gasteiger partial charge in [0.15, 0.2) is 0 Å². The molecule has 1 aromatic carbocycles. The van der Waals surface area contributed by atoms with Gasteiger partial charge in [0.05, 0.1) is 10.3 Å². The summed E-state index contributed by atoms with van der Waals surface area (Å²) in [6.07, 6.45) is -0.0579. The molecule has 3 aromatic rings. The van der Waals surface area contributed by atoms with Crippen molar-refractivity contribution < 1.29 is 18.0 Å². The van der Waals surface area contributed by atoms with Crippen LogP contribution < -0.4 is 5.32 Å². The monoisotopic (exact) mass is 460 g/mol. The van der Waals surface area contributed by atoms with Crippen LogP contribution in [-0.4, -0.2) is 26.8 Å². The van der Waals surface area contributed by atoms with E-state index in [1.165, 1.54) is 11.3 Å². The third kappa shape index (κ3) is 3.72. The van der Waals surface area contributed by atoms with Crippen LogP contribution in [0, 0.1) is 5.41 Å². The average molecular weight is 461 g/mol. The summed E-state index contributed by atoms with van der Waals surface area (Å²) >= 11 is 1.52. The first-order valence-corrected chi connectivity index (χ1v) is 11.5. The van der Waals surface area contributed by atoms with Crippen LogP contribution in [-0.2, 0) is 11.8 Å². The van der Waals surface area contributed by atoms with Gasteiger partial charge < -0.3 is 5.32 Å². The lowest BCUT2D eigenvalue weighted by Crippen LogP contribution is -2.30. The zero-order chi connectivity index (χ0) is 22.5. The molecule has 2 fully saturated rings. The van der Waals surface area contributed by atoms with E-state index < -0.39 is 23.9 Å². The average Bonchev–Trinajstić information content (AvgIpc) is 3.23. The highest BCUT2D eigenvalue weighted by molar-refractivity contribution is 7.18. The van der Waals surface area contributed by atoms with E-state index in [0.717, 1.165) is 46.0 Å². The van der Waals surface area contributed by atoms with Gasteiger partial charge in [0.1, 0.15) is 16.5 Å². The molecule has 0 radical (unpaired) electrons. The molecule has 0 bridgehead atoms. The number of aromatic nitrogens is 3. The minimum Gasteiger partial charge on any atom is -0.311 e. The number of hydrogen-bond donors (Lipinski definition) is 1. The van der Waals surface area contributed by atoms with Gasteiger partial charge in [-0.15, -0.1) is 11.3 Å². The maximum Gasteiger partial charge on any atom is 0.395 e. The lowest BCUT2D eigenvalue weighted by Gasteiger charge is -2.27. The van der Waals surface area contributed by atoms with Gasteiger partial charge in [0, 0.05) is 30.8 Å². The summed E-state index contributed by atoms with van der Waals surface area (Å²) in [5.41, 5.74) is 0.814. The Morgan fingerprint density at radius 2 is 1.97 bits per heavy atom. The normalized spacial score (nSPS) is 17.8. The third-order valence-electron chi connectivity index (χ3n) is 6.57. The molecule has 0 unspecified atom stereocenters. The summed E-state index contributed by atoms with van der Waals surface area (Å²) in [5.74, 6) is 0.125. The van der Waals surface area contributed by atoms with Crippen LogP contribution in [0.3, 0.4) is 0 Å². The fourth-order valence-corrected chi connectivity index (χ4v) is 5.17. The molecule has 0 spiro atoms. The van der Waals surface area contributed by atoms with Crippen LogP contribution >= 0.6 is 11.3 Å². The second kappa shape index (κ2) is 7.72. The topological polar surface area (TPSA) is 59.8 Å². The fraction of sp³-hybridized carbons (Fsp3) is 0.435. The van der Waals surface area contributed by atoms with Crippen molar-refractivity contribution in [2.45, 2.75) is 50.6 Å². The molecule has 2 aliphatic carbocycles. The van der Waals surface area contributed by atoms with Gasteiger partial charge in [-0.1, -0.05) is 36.8 Å². The summed E-state index contributed by atoms with van der Waals surface area (Å²) < 4.78 is 41.5. The van der Waals surface area contributed by atoms with Gasteiger partial charge in [0.2, 0.25) is 5.91 Å². The number of thiazole rings is 1. The van der Waals surface area contributed by atoms with Crippen molar-refractivity contribution in [1.82, 2.24) is 14.8 Å². The van der Waals surface area contributed by atoms with Crippen LogP contribution in [0.2, 0.25) is 0 Å². The number of carbonyl (C=O) groups is 1. The Labute approximate surface area is 187 Å². The molecule has 168 valence electrons. The fourth-order valence-electron chi connectivity index (χ4n) is 4.25. The maximum absolute atomic E-state index is 13.3. The van der Waals surface area contributed by atoms with E-state index in [2.05, 4.69) is 15.4 Å². The Morgan fingerprint density at radius 3 is 2.56 bits per heavy atom. The molecule has 1 amide bonds. The number of halogens is 3. The molecule has 2 saturated carbocycles. The number of rotatable bonds is 6. The Balaban J connectivity index is 1.45. The minimum absolute atomic E-state index is 0.0131. The molecular weight excluding hydrogens is 437 g/mol. The Bertz CT molecular complexity index is 1140. The molecule has 5 nitrogen and oxygen atoms in total. The first-order valence-electron chi connectivity index (χ1n) is 10.7. The molecule has 2 aromatic heterocycles. The van der Waals surface area contributed by atoms with E-state index in [-0.39, 0.29) is 18.8 Å². The van der Waals surface area contributed by atoms with Crippen LogP contribution in [0.1, 0.15) is 50.0 Å². The zero-order valence-electron chi connectivity index (χ0n) is 17.6. The smallest absolute Gasteiger partial charge is 0.311 e. The first-order chi connectivity index (χ1) is 15.3. The number of benzene rings is 1. The molecule has 0 saturated heterocycles. The van der Waals surface area contributed by atoms with Crippen molar-refractivity contribution in [3.63, 3.8) is 0 Å². The second-order valence-electron chi connectivity index (χ2n) is 8.76. The Hall–Kier alpha value is -2.68. The number of anilines is 1. The Kier molecular flexibility index (Phi) is 5.11. The molecular formula is C23H23F3N4OS. The molecule has 9 heteroatoms. The van der Waals surface area contributed by atoms with E-state index in [1.54, 1.807) is 17.9 Å². The van der Waals surface area contributed by atoms with Crippen molar-refractivity contribution in [1.29, 1.82) is 0 Å². The van der Waals surface area contributed by atoms with Crippen molar-refractivity contribution >= 4 is 23.1 Å². The first kappa shape index (κ1) is 21.2. The van der Waals surface area contributed by atoms with Gasteiger partial charge >= 0.3 is 6.18 Å². The molecule has 0 aliphatic heterocycles. The molecule has 0 atom stereocenters. The number of alkyl halides is 3. The summed E-state index contributed by atoms with van der Waals surface area (Å²) in [6, 6.07) is 9.85. The summed E-state index contributed by atoms with van der Waals surface area (Å²) in [5, 5.41) is 8.30. The zero-order valence-corrected chi connectivity index (χ0v) is 18.4. The van der Waals surface area contributed by atoms with Gasteiger partial charge in [-0.25, -0.2) is 4.98 Å². The van der Waals surface area contributed by atoms with Crippen LogP contribution in [0.25, 0.3) is 21.1 Å². The maximum atomic E-state index is 13.3. The quantitative estimate of drug-likeness (QED) is 0.480. The number of hydrogen-bond acceptors (Lipinski definition) is 4. The lowest BCUT2D eigenvalue weighted by atomic mass is 9.79. The van der Waals surface area contributed by atoms with Crippen molar-refractivity contribution in [2.24, 2.45) is 12.5 Å². The third-order valence-corrected chi connectivity index (χ3v) is 7.62. The lowest BCUT2D eigenvalue weighted by molar-refractivity contribution is -0.189. The highest BCUT2D eigenvalue weighted by Gasteiger charge is 2.63. The highest BCUT2D eigenvalue weighted by Crippen LogP contribution is 2.60. The summed E-state index contributed by atoms with van der Waals surface area (Å²) in [4.78, 5) is 18.1. The predicted molar refractivity (Wildman–Crippen MR) is 117 cm³/mol. The van der Waals surface area contributed by atoms with Gasteiger partial charge in [-0.05, 0) is 31.6 Å². The molecule has 5 rings (SSSR count). The van der Waals surface area contributed by atoms with Crippen LogP contribution in [0.15, 0.2) is 36.5 Å². The number of amides is 1. The van der Waals surface area contributed by atoms with Gasteiger partial charge in [0.25, 0.3) is 0 Å². The minimum atomic E-state index is -4.35. The standard InChI is InChI=1S/C23H23F3N4OS/c1-30-20(28-17(31)12-22(10-11-22)23(24,25)26)18(14-8-5-9-14)19(29-30)16-13-27-21(32-16)15-6-3-2-4-7-15/h2-4,6-7,13-14H,5,8-12H2,1H3,(H,28,31). The van der Waals surface area contributed by atoms with Crippen LogP contribution in [0.5, 0.6) is 0 Å². The predicted octanol–water partition coefficient (Wildman–Crippen LogP) is 6.15. The van der Waals surface area contributed by atoms with Gasteiger partial charge in [-0.3, -0.25) is 9.48 Å². The number of nitrogens with one attached hydrogen (secondary N) is 1. The van der Waals surface area contributed by atoms with Crippen molar-refractivity contribution in [3.8, 4) is 21.1 Å². The Morgan fingerprint density at radius 1 is 1.25 bits per heavy atom. The molecule has 2 heterocycles. The number of nitrogens with zero attached hydrogens (tertiary/aromatic N) is 3. The largest absolute Gasteiger partial charge is 0.395 e. The number of carbonyl (C=O) groups excluding carboxylic acids is 1. The van der Waals surface area contributed by atoms with E-state index >= 15 is 0 Å². The highest BCUT2D eigenvalue weighted by atomic mass is 32.1. The summed E-state index contributed by atoms with van der Waals surface area (Å²) in [6.45, 7) is 0. The van der Waals surface area contributed by atoms with E-state index in [4.69, 9.17) is 0 Å². The van der Waals surface area contributed by atoms with Crippen molar-refractivity contribution in [2.75, 3.05) is 5.32 Å². The second-order valence-corrected chi connectivity index (χ2v) is 9.79. The van der Waals surface area contributed by atoms with E-state index in [0.29, 0.717) is 5.82 Å². The SMILES string of the molecule is Cn1nc(-c2cnc(-c3ccccc3)s2)c(C2CCC2)c1NC(=O)CC1(C(F)(F)F)CC1. The van der Waals surface area contributed by atoms with E-state index in [9.17, 15) is 18.0 Å². The molecule has 2 aliphatic rings. The van der Waals surface area contributed by atoms with Crippen LogP contribution in [0.4, 0.5) is 19.0 Å². The van der Waals surface area contributed by atoms with E-state index in [1.807, 2.05) is 30.3 Å². The molecule has 32 heavy (non-hydrogen) atoms. The van der Waals surface area contributed by atoms with Gasteiger partial charge in [-0.2, -0.15) is 18.3 Å². The van der Waals surface area contributed by atoms with Crippen molar-refractivity contribution in [3.05, 3.63) is 42.1 Å².